The number of anilines is 1. The zero-order valence-electron chi connectivity index (χ0n) is 14.2. The number of nitrogens with two attached hydrogens (primary N) is 1. The molecule has 130 valence electrons. The molecule has 0 atom stereocenters. The van der Waals surface area contributed by atoms with Gasteiger partial charge in [0.2, 0.25) is 0 Å². The van der Waals surface area contributed by atoms with Crippen molar-refractivity contribution in [3.8, 4) is 0 Å². The molecule has 1 aliphatic heterocycles. The third kappa shape index (κ3) is 4.50. The number of rotatable bonds is 4. The van der Waals surface area contributed by atoms with Gasteiger partial charge in [0.1, 0.15) is 0 Å². The Kier molecular flexibility index (Phi) is 6.23. The van der Waals surface area contributed by atoms with Gasteiger partial charge < -0.3 is 20.1 Å². The monoisotopic (exact) mass is 332 g/mol. The number of nitrogen functional groups attached to an aromatic ring is 1. The summed E-state index contributed by atoms with van der Waals surface area (Å²) in [6.07, 6.45) is 4.24. The standard InChI is InChI=1S/C18H24N2O4/c1-3-23-17(21)6-5-15-11-13-7-9-20(18(22)24-4-2)10-8-14(13)12-16(15)19/h5-6,11-12H,3-4,7-10,19H2,1-2H3/b6-5+. The maximum atomic E-state index is 11.9. The molecule has 2 N–H and O–H groups in total. The molecule has 0 aliphatic carbocycles. The van der Waals surface area contributed by atoms with E-state index in [9.17, 15) is 9.59 Å². The van der Waals surface area contributed by atoms with Gasteiger partial charge in [-0.25, -0.2) is 9.59 Å². The molecule has 24 heavy (non-hydrogen) atoms. The molecule has 6 heteroatoms. The molecule has 0 spiro atoms. The largest absolute Gasteiger partial charge is 0.463 e. The fraction of sp³-hybridized carbons (Fsp3) is 0.444. The molecule has 1 aromatic carbocycles. The van der Waals surface area contributed by atoms with Crippen molar-refractivity contribution in [3.63, 3.8) is 0 Å². The quantitative estimate of drug-likeness (QED) is 0.520. The van der Waals surface area contributed by atoms with E-state index in [0.29, 0.717) is 32.0 Å². The van der Waals surface area contributed by atoms with Gasteiger partial charge in [-0.1, -0.05) is 0 Å². The van der Waals surface area contributed by atoms with E-state index in [2.05, 4.69) is 0 Å². The summed E-state index contributed by atoms with van der Waals surface area (Å²) in [7, 11) is 0. The van der Waals surface area contributed by atoms with E-state index in [-0.39, 0.29) is 12.1 Å². The van der Waals surface area contributed by atoms with Gasteiger partial charge in [0.05, 0.1) is 13.2 Å². The molecule has 1 amide bonds. The average molecular weight is 332 g/mol. The molecule has 0 bridgehead atoms. The Bertz CT molecular complexity index is 640. The lowest BCUT2D eigenvalue weighted by molar-refractivity contribution is -0.137. The summed E-state index contributed by atoms with van der Waals surface area (Å²) >= 11 is 0. The predicted molar refractivity (Wildman–Crippen MR) is 92.5 cm³/mol. The Morgan fingerprint density at radius 1 is 1.12 bits per heavy atom. The van der Waals surface area contributed by atoms with Crippen LogP contribution >= 0.6 is 0 Å². The molecule has 0 aromatic heterocycles. The number of esters is 1. The molecule has 1 heterocycles. The second-order valence-corrected chi connectivity index (χ2v) is 5.52. The van der Waals surface area contributed by atoms with Gasteiger partial charge in [0.25, 0.3) is 0 Å². The van der Waals surface area contributed by atoms with Crippen molar-refractivity contribution in [3.05, 3.63) is 34.9 Å². The van der Waals surface area contributed by atoms with E-state index in [0.717, 1.165) is 29.5 Å². The van der Waals surface area contributed by atoms with Crippen LogP contribution in [0.3, 0.4) is 0 Å². The summed E-state index contributed by atoms with van der Waals surface area (Å²) in [5.41, 5.74) is 9.75. The zero-order valence-corrected chi connectivity index (χ0v) is 14.2. The minimum absolute atomic E-state index is 0.277. The van der Waals surface area contributed by atoms with Crippen LogP contribution in [0.5, 0.6) is 0 Å². The van der Waals surface area contributed by atoms with E-state index in [4.69, 9.17) is 15.2 Å². The van der Waals surface area contributed by atoms with Crippen LogP contribution in [0.25, 0.3) is 6.08 Å². The maximum Gasteiger partial charge on any atom is 0.409 e. The second-order valence-electron chi connectivity index (χ2n) is 5.52. The van der Waals surface area contributed by atoms with Crippen LogP contribution in [0.2, 0.25) is 0 Å². The van der Waals surface area contributed by atoms with Crippen LogP contribution in [0.4, 0.5) is 10.5 Å². The first-order valence-corrected chi connectivity index (χ1v) is 8.23. The van der Waals surface area contributed by atoms with Crippen molar-refractivity contribution in [1.82, 2.24) is 4.90 Å². The summed E-state index contributed by atoms with van der Waals surface area (Å²) in [4.78, 5) is 25.1. The SMILES string of the molecule is CCOC(=O)/C=C/c1cc2c(cc1N)CCN(C(=O)OCC)CC2. The topological polar surface area (TPSA) is 81.9 Å². The van der Waals surface area contributed by atoms with Crippen molar-refractivity contribution < 1.29 is 19.1 Å². The van der Waals surface area contributed by atoms with Crippen LogP contribution in [0.1, 0.15) is 30.5 Å². The maximum absolute atomic E-state index is 11.9. The minimum Gasteiger partial charge on any atom is -0.463 e. The van der Waals surface area contributed by atoms with Gasteiger partial charge in [-0.3, -0.25) is 0 Å². The number of ether oxygens (including phenoxy) is 2. The van der Waals surface area contributed by atoms with E-state index in [1.165, 1.54) is 6.08 Å². The molecule has 1 aromatic rings. The Morgan fingerprint density at radius 3 is 2.38 bits per heavy atom. The van der Waals surface area contributed by atoms with Crippen LogP contribution in [0.15, 0.2) is 18.2 Å². The first kappa shape index (κ1) is 17.8. The molecular weight excluding hydrogens is 308 g/mol. The van der Waals surface area contributed by atoms with Crippen LogP contribution in [0, 0.1) is 0 Å². The highest BCUT2D eigenvalue weighted by molar-refractivity contribution is 5.88. The lowest BCUT2D eigenvalue weighted by atomic mass is 9.98. The van der Waals surface area contributed by atoms with Gasteiger partial charge in [0.15, 0.2) is 0 Å². The summed E-state index contributed by atoms with van der Waals surface area (Å²) in [6, 6.07) is 3.91. The number of fused-ring (bicyclic) bond motifs is 1. The molecule has 6 nitrogen and oxygen atoms in total. The van der Waals surface area contributed by atoms with Crippen molar-refractivity contribution in [1.29, 1.82) is 0 Å². The van der Waals surface area contributed by atoms with Gasteiger partial charge in [-0.15, -0.1) is 0 Å². The van der Waals surface area contributed by atoms with E-state index in [1.807, 2.05) is 12.1 Å². The van der Waals surface area contributed by atoms with E-state index < -0.39 is 0 Å². The Hall–Kier alpha value is -2.50. The number of carbonyl (C=O) groups is 2. The normalized spacial score (nSPS) is 14.2. The van der Waals surface area contributed by atoms with Gasteiger partial charge in [0, 0.05) is 24.9 Å². The number of amides is 1. The Labute approximate surface area is 142 Å². The molecule has 0 fully saturated rings. The summed E-state index contributed by atoms with van der Waals surface area (Å²) in [6.45, 7) is 5.50. The Morgan fingerprint density at radius 2 is 1.75 bits per heavy atom. The number of nitrogens with zero attached hydrogens (tertiary/aromatic N) is 1. The average Bonchev–Trinajstić information content (AvgIpc) is 2.75. The van der Waals surface area contributed by atoms with Crippen LogP contribution in [-0.4, -0.2) is 43.3 Å². The number of hydrogen-bond acceptors (Lipinski definition) is 5. The first-order chi connectivity index (χ1) is 11.5. The second kappa shape index (κ2) is 8.38. The molecule has 0 saturated heterocycles. The Balaban J connectivity index is 2.14. The molecule has 2 rings (SSSR count). The van der Waals surface area contributed by atoms with Crippen LogP contribution in [-0.2, 0) is 27.1 Å². The third-order valence-electron chi connectivity index (χ3n) is 3.92. The highest BCUT2D eigenvalue weighted by atomic mass is 16.6. The van der Waals surface area contributed by atoms with Gasteiger partial charge in [-0.2, -0.15) is 0 Å². The fourth-order valence-corrected chi connectivity index (χ4v) is 2.71. The molecule has 0 saturated carbocycles. The summed E-state index contributed by atoms with van der Waals surface area (Å²) in [5, 5.41) is 0. The van der Waals surface area contributed by atoms with Crippen molar-refractivity contribution >= 4 is 23.8 Å². The zero-order chi connectivity index (χ0) is 17.5. The highest BCUT2D eigenvalue weighted by Crippen LogP contribution is 2.24. The van der Waals surface area contributed by atoms with Gasteiger partial charge in [-0.05, 0) is 61.6 Å². The van der Waals surface area contributed by atoms with Crippen LogP contribution < -0.4 is 5.73 Å². The molecule has 1 aliphatic rings. The molecule has 0 unspecified atom stereocenters. The third-order valence-corrected chi connectivity index (χ3v) is 3.92. The summed E-state index contributed by atoms with van der Waals surface area (Å²) in [5.74, 6) is -0.389. The minimum atomic E-state index is -0.389. The van der Waals surface area contributed by atoms with Gasteiger partial charge >= 0.3 is 12.1 Å². The fourth-order valence-electron chi connectivity index (χ4n) is 2.71. The van der Waals surface area contributed by atoms with Crippen molar-refractivity contribution in [2.75, 3.05) is 32.0 Å². The number of benzene rings is 1. The van der Waals surface area contributed by atoms with E-state index >= 15 is 0 Å². The predicted octanol–water partition coefficient (Wildman–Crippen LogP) is 2.40. The summed E-state index contributed by atoms with van der Waals surface area (Å²) < 4.78 is 9.95. The smallest absolute Gasteiger partial charge is 0.409 e. The van der Waals surface area contributed by atoms with Crippen molar-refractivity contribution in [2.45, 2.75) is 26.7 Å². The molecular formula is C18H24N2O4. The van der Waals surface area contributed by atoms with E-state index in [1.54, 1.807) is 24.8 Å². The lowest BCUT2D eigenvalue weighted by Gasteiger charge is -2.18. The molecule has 0 radical (unpaired) electrons. The number of hydrogen-bond donors (Lipinski definition) is 1. The lowest BCUT2D eigenvalue weighted by Crippen LogP contribution is -2.33. The highest BCUT2D eigenvalue weighted by Gasteiger charge is 2.20. The first-order valence-electron chi connectivity index (χ1n) is 8.23. The van der Waals surface area contributed by atoms with Crippen molar-refractivity contribution in [2.24, 2.45) is 0 Å². The number of carbonyl (C=O) groups excluding carboxylic acids is 2.